The molecule has 0 radical (unpaired) electrons. The fourth-order valence-corrected chi connectivity index (χ4v) is 1.85. The van der Waals surface area contributed by atoms with E-state index >= 15 is 0 Å². The molecule has 0 heterocycles. The Morgan fingerprint density at radius 1 is 1.12 bits per heavy atom. The summed E-state index contributed by atoms with van der Waals surface area (Å²) in [6, 6.07) is 14.8. The first-order valence-electron chi connectivity index (χ1n) is 5.43. The van der Waals surface area contributed by atoms with Crippen molar-refractivity contribution in [2.75, 3.05) is 5.73 Å². The van der Waals surface area contributed by atoms with Crippen LogP contribution in [-0.4, -0.2) is 5.11 Å². The van der Waals surface area contributed by atoms with Gasteiger partial charge in [-0.15, -0.1) is 0 Å². The third-order valence-electron chi connectivity index (χ3n) is 2.64. The summed E-state index contributed by atoms with van der Waals surface area (Å²) >= 11 is 5.81. The van der Waals surface area contributed by atoms with E-state index in [1.807, 2.05) is 36.4 Å². The smallest absolute Gasteiger partial charge is 0.0831 e. The Hall–Kier alpha value is -1.51. The van der Waals surface area contributed by atoms with Gasteiger partial charge in [-0.1, -0.05) is 35.9 Å². The highest BCUT2D eigenvalue weighted by atomic mass is 35.5. The van der Waals surface area contributed by atoms with Gasteiger partial charge in [-0.25, -0.2) is 0 Å². The number of nitrogen functional groups attached to an aromatic ring is 1. The molecule has 0 bridgehead atoms. The lowest BCUT2D eigenvalue weighted by atomic mass is 10.0. The Morgan fingerprint density at radius 2 is 1.82 bits per heavy atom. The summed E-state index contributed by atoms with van der Waals surface area (Å²) in [5, 5.41) is 10.8. The van der Waals surface area contributed by atoms with Gasteiger partial charge in [0.15, 0.2) is 0 Å². The first-order chi connectivity index (χ1) is 8.15. The van der Waals surface area contributed by atoms with Gasteiger partial charge in [0.2, 0.25) is 0 Å². The average Bonchev–Trinajstić information content (AvgIpc) is 2.32. The molecule has 0 saturated heterocycles. The lowest BCUT2D eigenvalue weighted by Crippen LogP contribution is -2.02. The summed E-state index contributed by atoms with van der Waals surface area (Å²) in [5.74, 6) is 0. The molecule has 0 aliphatic heterocycles. The van der Waals surface area contributed by atoms with Crippen LogP contribution < -0.4 is 5.73 Å². The van der Waals surface area contributed by atoms with Gasteiger partial charge in [-0.05, 0) is 35.4 Å². The Morgan fingerprint density at radius 3 is 2.47 bits per heavy atom. The van der Waals surface area contributed by atoms with Gasteiger partial charge < -0.3 is 10.8 Å². The molecule has 0 amide bonds. The van der Waals surface area contributed by atoms with Crippen molar-refractivity contribution in [2.24, 2.45) is 0 Å². The molecule has 0 fully saturated rings. The van der Waals surface area contributed by atoms with Crippen LogP contribution in [0.15, 0.2) is 48.5 Å². The molecule has 0 spiro atoms. The normalized spacial score (nSPS) is 12.4. The number of benzene rings is 2. The molecule has 2 nitrogen and oxygen atoms in total. The molecule has 88 valence electrons. The summed E-state index contributed by atoms with van der Waals surface area (Å²) in [6.07, 6.45) is 0.0142. The zero-order valence-corrected chi connectivity index (χ0v) is 10.1. The van der Waals surface area contributed by atoms with Gasteiger partial charge in [0.1, 0.15) is 0 Å². The maximum Gasteiger partial charge on any atom is 0.0831 e. The molecule has 2 aromatic carbocycles. The first kappa shape index (κ1) is 12.0. The van der Waals surface area contributed by atoms with Crippen molar-refractivity contribution in [3.05, 3.63) is 64.7 Å². The molecule has 3 heteroatoms. The van der Waals surface area contributed by atoms with E-state index in [0.717, 1.165) is 11.1 Å². The van der Waals surface area contributed by atoms with Gasteiger partial charge in [-0.2, -0.15) is 0 Å². The second-order valence-electron chi connectivity index (χ2n) is 4.02. The van der Waals surface area contributed by atoms with Gasteiger partial charge in [0.05, 0.1) is 6.10 Å². The summed E-state index contributed by atoms with van der Waals surface area (Å²) < 4.78 is 0. The molecular formula is C14H14ClNO. The van der Waals surface area contributed by atoms with Crippen LogP contribution in [0.4, 0.5) is 5.69 Å². The second-order valence-corrected chi connectivity index (χ2v) is 4.45. The van der Waals surface area contributed by atoms with Crippen molar-refractivity contribution in [1.82, 2.24) is 0 Å². The summed E-state index contributed by atoms with van der Waals surface area (Å²) in [7, 11) is 0. The molecule has 0 aromatic heterocycles. The van der Waals surface area contributed by atoms with Crippen LogP contribution in [0, 0.1) is 0 Å². The third-order valence-corrected chi connectivity index (χ3v) is 2.89. The van der Waals surface area contributed by atoms with E-state index in [1.54, 1.807) is 12.1 Å². The van der Waals surface area contributed by atoms with E-state index in [4.69, 9.17) is 17.3 Å². The van der Waals surface area contributed by atoms with Gasteiger partial charge >= 0.3 is 0 Å². The van der Waals surface area contributed by atoms with Crippen LogP contribution >= 0.6 is 11.6 Å². The molecule has 0 aliphatic rings. The predicted molar refractivity (Wildman–Crippen MR) is 71.0 cm³/mol. The molecule has 2 aromatic rings. The van der Waals surface area contributed by atoms with Crippen LogP contribution in [-0.2, 0) is 6.42 Å². The van der Waals surface area contributed by atoms with Crippen molar-refractivity contribution >= 4 is 17.3 Å². The van der Waals surface area contributed by atoms with Gasteiger partial charge in [0, 0.05) is 17.1 Å². The highest BCUT2D eigenvalue weighted by Crippen LogP contribution is 2.21. The SMILES string of the molecule is Nc1cccc(C(O)Cc2ccc(Cl)cc2)c1. The standard InChI is InChI=1S/C14H14ClNO/c15-12-6-4-10(5-7-12)8-14(17)11-2-1-3-13(16)9-11/h1-7,9,14,17H,8,16H2. The number of anilines is 1. The fraction of sp³-hybridized carbons (Fsp3) is 0.143. The van der Waals surface area contributed by atoms with E-state index in [1.165, 1.54) is 0 Å². The lowest BCUT2D eigenvalue weighted by Gasteiger charge is -2.11. The molecule has 1 atom stereocenters. The Kier molecular flexibility index (Phi) is 3.67. The predicted octanol–water partition coefficient (Wildman–Crippen LogP) is 3.20. The van der Waals surface area contributed by atoms with Crippen LogP contribution in [0.3, 0.4) is 0 Å². The summed E-state index contributed by atoms with van der Waals surface area (Å²) in [6.45, 7) is 0. The highest BCUT2D eigenvalue weighted by molar-refractivity contribution is 6.30. The van der Waals surface area contributed by atoms with Crippen LogP contribution in [0.25, 0.3) is 0 Å². The molecule has 3 N–H and O–H groups in total. The summed E-state index contributed by atoms with van der Waals surface area (Å²) in [4.78, 5) is 0. The maximum atomic E-state index is 10.1. The lowest BCUT2D eigenvalue weighted by molar-refractivity contribution is 0.178. The van der Waals surface area contributed by atoms with E-state index in [9.17, 15) is 5.11 Å². The number of hydrogen-bond donors (Lipinski definition) is 2. The van der Waals surface area contributed by atoms with E-state index in [-0.39, 0.29) is 0 Å². The van der Waals surface area contributed by atoms with Gasteiger partial charge in [-0.3, -0.25) is 0 Å². The van der Waals surface area contributed by atoms with Crippen molar-refractivity contribution in [1.29, 1.82) is 0 Å². The van der Waals surface area contributed by atoms with Gasteiger partial charge in [0.25, 0.3) is 0 Å². The Labute approximate surface area is 106 Å². The fourth-order valence-electron chi connectivity index (χ4n) is 1.73. The van der Waals surface area contributed by atoms with E-state index < -0.39 is 6.10 Å². The molecule has 0 saturated carbocycles. The quantitative estimate of drug-likeness (QED) is 0.819. The minimum Gasteiger partial charge on any atom is -0.399 e. The van der Waals surface area contributed by atoms with Crippen molar-refractivity contribution < 1.29 is 5.11 Å². The van der Waals surface area contributed by atoms with Crippen LogP contribution in [0.1, 0.15) is 17.2 Å². The van der Waals surface area contributed by atoms with Crippen molar-refractivity contribution in [3.8, 4) is 0 Å². The highest BCUT2D eigenvalue weighted by Gasteiger charge is 2.08. The average molecular weight is 248 g/mol. The zero-order valence-electron chi connectivity index (χ0n) is 9.31. The number of aliphatic hydroxyl groups excluding tert-OH is 1. The van der Waals surface area contributed by atoms with E-state index in [0.29, 0.717) is 17.1 Å². The molecule has 17 heavy (non-hydrogen) atoms. The topological polar surface area (TPSA) is 46.2 Å². The minimum atomic E-state index is -0.542. The van der Waals surface area contributed by atoms with Crippen molar-refractivity contribution in [2.45, 2.75) is 12.5 Å². The molecule has 0 aliphatic carbocycles. The zero-order chi connectivity index (χ0) is 12.3. The van der Waals surface area contributed by atoms with E-state index in [2.05, 4.69) is 0 Å². The molecule has 2 rings (SSSR count). The van der Waals surface area contributed by atoms with Crippen molar-refractivity contribution in [3.63, 3.8) is 0 Å². The monoisotopic (exact) mass is 247 g/mol. The van der Waals surface area contributed by atoms with Crippen LogP contribution in [0.5, 0.6) is 0 Å². The number of hydrogen-bond acceptors (Lipinski definition) is 2. The summed E-state index contributed by atoms with van der Waals surface area (Å²) in [5.41, 5.74) is 8.22. The third kappa shape index (κ3) is 3.22. The number of rotatable bonds is 3. The van der Waals surface area contributed by atoms with Crippen LogP contribution in [0.2, 0.25) is 5.02 Å². The Bertz CT molecular complexity index is 496. The second kappa shape index (κ2) is 5.21. The number of aliphatic hydroxyl groups is 1. The Balaban J connectivity index is 2.11. The first-order valence-corrected chi connectivity index (χ1v) is 5.81. The molecule has 1 unspecified atom stereocenters. The number of nitrogens with two attached hydrogens (primary N) is 1. The molecular weight excluding hydrogens is 234 g/mol. The maximum absolute atomic E-state index is 10.1. The number of halogens is 1. The largest absolute Gasteiger partial charge is 0.399 e. The minimum absolute atomic E-state index is 0.542.